The minimum absolute atomic E-state index is 0.198. The number of aliphatic carboxylic acids is 1. The largest absolute Gasteiger partial charge is 0.480 e. The van der Waals surface area contributed by atoms with E-state index >= 15 is 0 Å². The molecule has 0 saturated carbocycles. The van der Waals surface area contributed by atoms with Crippen LogP contribution in [0.2, 0.25) is 0 Å². The Hall–Kier alpha value is -1.56. The van der Waals surface area contributed by atoms with Crippen LogP contribution in [0.1, 0.15) is 25.0 Å². The molecule has 1 aromatic rings. The Morgan fingerprint density at radius 3 is 2.40 bits per heavy atom. The van der Waals surface area contributed by atoms with E-state index in [9.17, 15) is 9.59 Å². The number of nitrogens with zero attached hydrogens (tertiary/aromatic N) is 1. The summed E-state index contributed by atoms with van der Waals surface area (Å²) in [5.74, 6) is -1.03. The number of urea groups is 1. The number of halogens is 1. The minimum Gasteiger partial charge on any atom is -0.480 e. The average Bonchev–Trinajstić information content (AvgIpc) is 2.29. The zero-order valence-corrected chi connectivity index (χ0v) is 13.6. The molecule has 0 aliphatic carbocycles. The second kappa shape index (κ2) is 6.74. The van der Waals surface area contributed by atoms with Crippen molar-refractivity contribution in [3.63, 3.8) is 0 Å². The van der Waals surface area contributed by atoms with Crippen molar-refractivity contribution < 1.29 is 14.7 Å². The van der Waals surface area contributed by atoms with Crippen LogP contribution in [0.15, 0.2) is 16.6 Å². The molecular weight excluding hydrogens is 324 g/mol. The lowest BCUT2D eigenvalue weighted by atomic mass is 10.1. The maximum Gasteiger partial charge on any atom is 0.323 e. The third-order valence-corrected chi connectivity index (χ3v) is 3.48. The predicted molar refractivity (Wildman–Crippen MR) is 82.1 cm³/mol. The number of amides is 2. The number of nitrogens with one attached hydrogen (secondary N) is 1. The Morgan fingerprint density at radius 1 is 1.35 bits per heavy atom. The molecule has 0 fully saturated rings. The predicted octanol–water partition coefficient (Wildman–Crippen LogP) is 3.39. The van der Waals surface area contributed by atoms with E-state index < -0.39 is 12.0 Å². The molecule has 0 saturated heterocycles. The van der Waals surface area contributed by atoms with Crippen molar-refractivity contribution in [3.8, 4) is 0 Å². The van der Waals surface area contributed by atoms with Crippen molar-refractivity contribution >= 4 is 33.6 Å². The summed E-state index contributed by atoms with van der Waals surface area (Å²) in [7, 11) is 0. The zero-order chi connectivity index (χ0) is 15.4. The van der Waals surface area contributed by atoms with E-state index in [-0.39, 0.29) is 12.6 Å². The molecule has 1 rings (SSSR count). The number of benzene rings is 1. The Morgan fingerprint density at radius 2 is 1.95 bits per heavy atom. The van der Waals surface area contributed by atoms with Gasteiger partial charge in [-0.25, -0.2) is 4.79 Å². The van der Waals surface area contributed by atoms with E-state index in [1.54, 1.807) is 13.8 Å². The first kappa shape index (κ1) is 16.5. The monoisotopic (exact) mass is 342 g/mol. The van der Waals surface area contributed by atoms with Crippen LogP contribution in [0.25, 0.3) is 0 Å². The number of aryl methyl sites for hydroxylation is 2. The van der Waals surface area contributed by atoms with Gasteiger partial charge in [-0.3, -0.25) is 4.79 Å². The standard InChI is InChI=1S/C14H19BrN2O3/c1-8(2)17(7-12(18)19)14(20)16-13-10(4)5-9(3)6-11(13)15/h5-6,8H,7H2,1-4H3,(H,16,20)(H,18,19). The van der Waals surface area contributed by atoms with Crippen LogP contribution in [-0.4, -0.2) is 34.6 Å². The van der Waals surface area contributed by atoms with Gasteiger partial charge >= 0.3 is 12.0 Å². The molecule has 0 aromatic heterocycles. The Bertz CT molecular complexity index is 506. The quantitative estimate of drug-likeness (QED) is 0.880. The lowest BCUT2D eigenvalue weighted by molar-refractivity contribution is -0.137. The van der Waals surface area contributed by atoms with Crippen molar-refractivity contribution in [1.29, 1.82) is 0 Å². The topological polar surface area (TPSA) is 69.6 Å². The number of carboxylic acids is 1. The molecule has 6 heteroatoms. The van der Waals surface area contributed by atoms with Crippen LogP contribution in [0.3, 0.4) is 0 Å². The first-order valence-electron chi connectivity index (χ1n) is 6.28. The fourth-order valence-electron chi connectivity index (χ4n) is 1.89. The van der Waals surface area contributed by atoms with Gasteiger partial charge in [0, 0.05) is 10.5 Å². The Kier molecular flexibility index (Phi) is 5.56. The summed E-state index contributed by atoms with van der Waals surface area (Å²) in [6.07, 6.45) is 0. The molecule has 2 N–H and O–H groups in total. The lowest BCUT2D eigenvalue weighted by Crippen LogP contribution is -2.43. The van der Waals surface area contributed by atoms with Crippen LogP contribution in [-0.2, 0) is 4.79 Å². The number of rotatable bonds is 4. The molecule has 20 heavy (non-hydrogen) atoms. The van der Waals surface area contributed by atoms with E-state index in [0.717, 1.165) is 15.6 Å². The van der Waals surface area contributed by atoms with Crippen molar-refractivity contribution in [1.82, 2.24) is 4.90 Å². The van der Waals surface area contributed by atoms with Crippen LogP contribution in [0, 0.1) is 13.8 Å². The molecule has 0 bridgehead atoms. The van der Waals surface area contributed by atoms with Gasteiger partial charge in [0.05, 0.1) is 5.69 Å². The molecule has 0 unspecified atom stereocenters. The maximum atomic E-state index is 12.2. The maximum absolute atomic E-state index is 12.2. The molecule has 0 spiro atoms. The van der Waals surface area contributed by atoms with Crippen LogP contribution >= 0.6 is 15.9 Å². The highest BCUT2D eigenvalue weighted by molar-refractivity contribution is 9.10. The molecule has 110 valence electrons. The second-order valence-corrected chi connectivity index (χ2v) is 5.84. The highest BCUT2D eigenvalue weighted by Crippen LogP contribution is 2.28. The van der Waals surface area contributed by atoms with Gasteiger partial charge in [-0.05, 0) is 60.8 Å². The molecule has 2 amide bonds. The minimum atomic E-state index is -1.03. The van der Waals surface area contributed by atoms with Gasteiger partial charge < -0.3 is 15.3 Å². The third-order valence-electron chi connectivity index (χ3n) is 2.85. The molecule has 0 aliphatic rings. The highest BCUT2D eigenvalue weighted by Gasteiger charge is 2.21. The van der Waals surface area contributed by atoms with Crippen LogP contribution in [0.4, 0.5) is 10.5 Å². The average molecular weight is 343 g/mol. The molecule has 0 atom stereocenters. The highest BCUT2D eigenvalue weighted by atomic mass is 79.9. The van der Waals surface area contributed by atoms with Gasteiger partial charge in [-0.15, -0.1) is 0 Å². The van der Waals surface area contributed by atoms with E-state index in [2.05, 4.69) is 21.2 Å². The number of carbonyl (C=O) groups excluding carboxylic acids is 1. The lowest BCUT2D eigenvalue weighted by Gasteiger charge is -2.26. The second-order valence-electron chi connectivity index (χ2n) is 4.98. The summed E-state index contributed by atoms with van der Waals surface area (Å²) < 4.78 is 0.780. The van der Waals surface area contributed by atoms with Crippen molar-refractivity contribution in [2.24, 2.45) is 0 Å². The first-order valence-corrected chi connectivity index (χ1v) is 7.07. The fraction of sp³-hybridized carbons (Fsp3) is 0.429. The SMILES string of the molecule is Cc1cc(C)c(NC(=O)N(CC(=O)O)C(C)C)c(Br)c1. The van der Waals surface area contributed by atoms with E-state index in [1.807, 2.05) is 26.0 Å². The van der Waals surface area contributed by atoms with Crippen molar-refractivity contribution in [3.05, 3.63) is 27.7 Å². The van der Waals surface area contributed by atoms with Gasteiger partial charge in [0.2, 0.25) is 0 Å². The molecular formula is C14H19BrN2O3. The Labute approximate surface area is 127 Å². The van der Waals surface area contributed by atoms with Gasteiger partial charge in [-0.1, -0.05) is 6.07 Å². The zero-order valence-electron chi connectivity index (χ0n) is 12.0. The summed E-state index contributed by atoms with van der Waals surface area (Å²) in [6, 6.07) is 3.24. The third kappa shape index (κ3) is 4.23. The summed E-state index contributed by atoms with van der Waals surface area (Å²) in [5.41, 5.74) is 2.67. The number of anilines is 1. The van der Waals surface area contributed by atoms with E-state index in [0.29, 0.717) is 5.69 Å². The van der Waals surface area contributed by atoms with Crippen molar-refractivity contribution in [2.45, 2.75) is 33.7 Å². The Balaban J connectivity index is 2.97. The smallest absolute Gasteiger partial charge is 0.323 e. The van der Waals surface area contributed by atoms with Gasteiger partial charge in [-0.2, -0.15) is 0 Å². The molecule has 0 aliphatic heterocycles. The first-order chi connectivity index (χ1) is 9.22. The summed E-state index contributed by atoms with van der Waals surface area (Å²) in [5, 5.41) is 11.6. The molecule has 1 aromatic carbocycles. The molecule has 5 nitrogen and oxygen atoms in total. The normalized spacial score (nSPS) is 10.5. The number of hydrogen-bond acceptors (Lipinski definition) is 2. The summed E-state index contributed by atoms with van der Waals surface area (Å²) >= 11 is 3.41. The van der Waals surface area contributed by atoms with Gasteiger partial charge in [0.25, 0.3) is 0 Å². The number of carboxylic acid groups (broad SMARTS) is 1. The van der Waals surface area contributed by atoms with Crippen molar-refractivity contribution in [2.75, 3.05) is 11.9 Å². The number of carbonyl (C=O) groups is 2. The van der Waals surface area contributed by atoms with Crippen LogP contribution < -0.4 is 5.32 Å². The van der Waals surface area contributed by atoms with Gasteiger partial charge in [0.1, 0.15) is 6.54 Å². The molecule has 0 radical (unpaired) electrons. The summed E-state index contributed by atoms with van der Waals surface area (Å²) in [6.45, 7) is 7.09. The van der Waals surface area contributed by atoms with E-state index in [4.69, 9.17) is 5.11 Å². The molecule has 0 heterocycles. The van der Waals surface area contributed by atoms with E-state index in [1.165, 1.54) is 4.90 Å². The number of hydrogen-bond donors (Lipinski definition) is 2. The van der Waals surface area contributed by atoms with Gasteiger partial charge in [0.15, 0.2) is 0 Å². The fourth-order valence-corrected chi connectivity index (χ4v) is 2.66. The van der Waals surface area contributed by atoms with Crippen LogP contribution in [0.5, 0.6) is 0 Å². The summed E-state index contributed by atoms with van der Waals surface area (Å²) in [4.78, 5) is 24.3.